The number of nitrogens with zero attached hydrogens (tertiary/aromatic N) is 6. The van der Waals surface area contributed by atoms with Crippen molar-refractivity contribution in [1.82, 2.24) is 30.4 Å². The Morgan fingerprint density at radius 3 is 2.64 bits per heavy atom. The lowest BCUT2D eigenvalue weighted by atomic mass is 9.81. The zero-order chi connectivity index (χ0) is 25.3. The fourth-order valence-corrected chi connectivity index (χ4v) is 4.27. The summed E-state index contributed by atoms with van der Waals surface area (Å²) in [6, 6.07) is 15.3. The summed E-state index contributed by atoms with van der Waals surface area (Å²) < 4.78 is 1.46. The van der Waals surface area contributed by atoms with Crippen molar-refractivity contribution in [2.45, 2.75) is 38.8 Å². The van der Waals surface area contributed by atoms with Gasteiger partial charge in [0.2, 0.25) is 5.82 Å². The molecule has 36 heavy (non-hydrogen) atoms. The van der Waals surface area contributed by atoms with Gasteiger partial charge >= 0.3 is 0 Å². The monoisotopic (exact) mass is 482 g/mol. The third-order valence-corrected chi connectivity index (χ3v) is 6.50. The Labute approximate surface area is 207 Å². The highest BCUT2D eigenvalue weighted by Crippen LogP contribution is 2.40. The van der Waals surface area contributed by atoms with Crippen molar-refractivity contribution >= 4 is 11.3 Å². The van der Waals surface area contributed by atoms with Gasteiger partial charge in [-0.3, -0.25) is 9.89 Å². The molecule has 0 fully saturated rings. The standard InChI is InChI=1S/C26H26N8O2/c1-4-21-22(24(36)34(30-21)19-13-12-16(2)17(3)15-19)27-31-26(25-28-32-33-29-25)14-8-11-20(23(26)35)18-9-6-5-7-10-18/h5-15,23,30,35H,4H2,1-3H3,(H,28,29,32,33). The molecule has 0 saturated carbocycles. The van der Waals surface area contributed by atoms with Gasteiger partial charge in [-0.1, -0.05) is 60.7 Å². The van der Waals surface area contributed by atoms with E-state index in [-0.39, 0.29) is 17.1 Å². The number of tetrazole rings is 1. The van der Waals surface area contributed by atoms with Gasteiger partial charge in [-0.2, -0.15) is 10.3 Å². The van der Waals surface area contributed by atoms with Crippen molar-refractivity contribution < 1.29 is 5.11 Å². The second kappa shape index (κ2) is 9.31. The van der Waals surface area contributed by atoms with Crippen LogP contribution in [-0.4, -0.2) is 41.6 Å². The second-order valence-corrected chi connectivity index (χ2v) is 8.71. The van der Waals surface area contributed by atoms with E-state index in [0.717, 1.165) is 16.7 Å². The van der Waals surface area contributed by atoms with Crippen molar-refractivity contribution in [2.24, 2.45) is 10.2 Å². The normalized spacial score (nSPS) is 19.7. The predicted octanol–water partition coefficient (Wildman–Crippen LogP) is 3.85. The third-order valence-electron chi connectivity index (χ3n) is 6.50. The number of aromatic amines is 2. The first kappa shape index (κ1) is 23.3. The minimum Gasteiger partial charge on any atom is -0.385 e. The van der Waals surface area contributed by atoms with Crippen LogP contribution in [-0.2, 0) is 12.0 Å². The lowest BCUT2D eigenvalue weighted by molar-refractivity contribution is 0.153. The first-order chi connectivity index (χ1) is 17.4. The second-order valence-electron chi connectivity index (χ2n) is 8.71. The molecule has 1 aliphatic carbocycles. The molecule has 10 nitrogen and oxygen atoms in total. The van der Waals surface area contributed by atoms with Crippen LogP contribution >= 0.6 is 0 Å². The molecular formula is C26H26N8O2. The Morgan fingerprint density at radius 1 is 1.14 bits per heavy atom. The molecule has 0 radical (unpaired) electrons. The van der Waals surface area contributed by atoms with E-state index < -0.39 is 11.6 Å². The van der Waals surface area contributed by atoms with Gasteiger partial charge in [-0.05, 0) is 60.7 Å². The summed E-state index contributed by atoms with van der Waals surface area (Å²) in [4.78, 5) is 13.4. The predicted molar refractivity (Wildman–Crippen MR) is 135 cm³/mol. The first-order valence-electron chi connectivity index (χ1n) is 11.7. The maximum Gasteiger partial charge on any atom is 0.299 e. The van der Waals surface area contributed by atoms with Gasteiger partial charge in [0, 0.05) is 0 Å². The molecule has 2 aromatic carbocycles. The molecule has 2 unspecified atom stereocenters. The average Bonchev–Trinajstić information content (AvgIpc) is 3.55. The summed E-state index contributed by atoms with van der Waals surface area (Å²) in [6.07, 6.45) is 4.62. The third kappa shape index (κ3) is 3.91. The molecule has 2 heterocycles. The summed E-state index contributed by atoms with van der Waals surface area (Å²) in [7, 11) is 0. The van der Waals surface area contributed by atoms with Crippen LogP contribution in [0.3, 0.4) is 0 Å². The van der Waals surface area contributed by atoms with E-state index in [4.69, 9.17) is 0 Å². The molecule has 4 aromatic rings. The van der Waals surface area contributed by atoms with Crippen LogP contribution in [0.15, 0.2) is 81.8 Å². The smallest absolute Gasteiger partial charge is 0.299 e. The highest BCUT2D eigenvalue weighted by molar-refractivity contribution is 5.73. The van der Waals surface area contributed by atoms with Crippen molar-refractivity contribution in [3.05, 3.63) is 105 Å². The molecule has 2 aromatic heterocycles. The molecule has 182 valence electrons. The largest absolute Gasteiger partial charge is 0.385 e. The zero-order valence-electron chi connectivity index (χ0n) is 20.2. The van der Waals surface area contributed by atoms with Gasteiger partial charge in [-0.15, -0.1) is 15.3 Å². The van der Waals surface area contributed by atoms with Crippen LogP contribution < -0.4 is 5.56 Å². The molecule has 5 rings (SSSR count). The topological polar surface area (TPSA) is 137 Å². The molecule has 0 saturated heterocycles. The highest BCUT2D eigenvalue weighted by Gasteiger charge is 2.45. The van der Waals surface area contributed by atoms with Crippen molar-refractivity contribution in [3.8, 4) is 5.69 Å². The summed E-state index contributed by atoms with van der Waals surface area (Å²) in [5, 5.41) is 37.9. The van der Waals surface area contributed by atoms with Crippen LogP contribution in [0.5, 0.6) is 0 Å². The molecule has 0 amide bonds. The summed E-state index contributed by atoms with van der Waals surface area (Å²) >= 11 is 0. The zero-order valence-corrected chi connectivity index (χ0v) is 20.2. The number of aliphatic hydroxyl groups excluding tert-OH is 1. The average molecular weight is 483 g/mol. The minimum atomic E-state index is -1.48. The van der Waals surface area contributed by atoms with E-state index >= 15 is 0 Å². The quantitative estimate of drug-likeness (QED) is 0.359. The molecule has 0 spiro atoms. The van der Waals surface area contributed by atoms with Gasteiger partial charge in [-0.25, -0.2) is 4.68 Å². The number of hydrogen-bond donors (Lipinski definition) is 3. The van der Waals surface area contributed by atoms with Gasteiger partial charge in [0.1, 0.15) is 6.10 Å². The van der Waals surface area contributed by atoms with E-state index in [2.05, 4.69) is 36.0 Å². The Morgan fingerprint density at radius 2 is 1.94 bits per heavy atom. The molecule has 0 bridgehead atoms. The Balaban J connectivity index is 1.60. The van der Waals surface area contributed by atoms with Gasteiger partial charge in [0.05, 0.1) is 11.4 Å². The number of rotatable bonds is 6. The number of azo groups is 1. The van der Waals surface area contributed by atoms with Crippen LogP contribution in [0.25, 0.3) is 11.3 Å². The van der Waals surface area contributed by atoms with E-state index in [1.54, 1.807) is 12.2 Å². The van der Waals surface area contributed by atoms with Gasteiger partial charge in [0.15, 0.2) is 11.2 Å². The van der Waals surface area contributed by atoms with Crippen molar-refractivity contribution in [3.63, 3.8) is 0 Å². The first-order valence-corrected chi connectivity index (χ1v) is 11.7. The number of aryl methyl sites for hydroxylation is 3. The van der Waals surface area contributed by atoms with E-state index in [1.807, 2.05) is 75.4 Å². The van der Waals surface area contributed by atoms with Crippen molar-refractivity contribution in [1.29, 1.82) is 0 Å². The van der Waals surface area contributed by atoms with Gasteiger partial charge < -0.3 is 5.11 Å². The molecular weight excluding hydrogens is 456 g/mol. The summed E-state index contributed by atoms with van der Waals surface area (Å²) in [5.74, 6) is 0.139. The maximum absolute atomic E-state index is 13.4. The Bertz CT molecular complexity index is 1530. The number of nitrogens with one attached hydrogen (secondary N) is 2. The fourth-order valence-electron chi connectivity index (χ4n) is 4.27. The number of benzene rings is 2. The van der Waals surface area contributed by atoms with Gasteiger partial charge in [0.25, 0.3) is 5.56 Å². The Kier molecular flexibility index (Phi) is 6.03. The number of hydrogen-bond acceptors (Lipinski definition) is 7. The lowest BCUT2D eigenvalue weighted by Crippen LogP contribution is -2.39. The Hall–Kier alpha value is -4.44. The molecule has 3 N–H and O–H groups in total. The van der Waals surface area contributed by atoms with Crippen LogP contribution in [0, 0.1) is 13.8 Å². The summed E-state index contributed by atoms with van der Waals surface area (Å²) in [5.41, 5.74) is 3.33. The maximum atomic E-state index is 13.4. The number of H-pyrrole nitrogens is 2. The highest BCUT2D eigenvalue weighted by atomic mass is 16.3. The van der Waals surface area contributed by atoms with E-state index in [9.17, 15) is 9.90 Å². The van der Waals surface area contributed by atoms with E-state index in [1.165, 1.54) is 4.68 Å². The molecule has 1 aliphatic rings. The lowest BCUT2D eigenvalue weighted by Gasteiger charge is -2.31. The molecule has 2 atom stereocenters. The molecule has 10 heteroatoms. The fraction of sp³-hybridized carbons (Fsp3) is 0.231. The van der Waals surface area contributed by atoms with Crippen LogP contribution in [0.4, 0.5) is 5.69 Å². The number of aliphatic hydroxyl groups is 1. The SMILES string of the molecule is CCc1[nH]n(-c2ccc(C)c(C)c2)c(=O)c1N=NC1(c2nn[nH]n2)C=CC=C(c2ccccc2)C1O. The van der Waals surface area contributed by atoms with Crippen LogP contribution in [0.2, 0.25) is 0 Å². The van der Waals surface area contributed by atoms with Crippen LogP contribution in [0.1, 0.15) is 35.1 Å². The number of aromatic nitrogens is 6. The van der Waals surface area contributed by atoms with E-state index in [0.29, 0.717) is 23.4 Å². The number of allylic oxidation sites excluding steroid dienone is 2. The van der Waals surface area contributed by atoms with Crippen molar-refractivity contribution in [2.75, 3.05) is 0 Å². The molecule has 0 aliphatic heterocycles. The summed E-state index contributed by atoms with van der Waals surface area (Å²) in [6.45, 7) is 5.94. The minimum absolute atomic E-state index is 0.139.